The van der Waals surface area contributed by atoms with Gasteiger partial charge in [0, 0.05) is 26.2 Å². The Morgan fingerprint density at radius 3 is 3.09 bits per heavy atom. The molecule has 0 saturated carbocycles. The van der Waals surface area contributed by atoms with Crippen LogP contribution in [0.5, 0.6) is 0 Å². The Balaban J connectivity index is 2.09. The van der Waals surface area contributed by atoms with Crippen LogP contribution in [0.15, 0.2) is 0 Å². The molecule has 0 spiro atoms. The molecule has 66 valence electrons. The van der Waals surface area contributed by atoms with Crippen LogP contribution in [0.4, 0.5) is 0 Å². The Morgan fingerprint density at radius 1 is 1.36 bits per heavy atom. The molecule has 0 unspecified atom stereocenters. The third-order valence-corrected chi connectivity index (χ3v) is 1.79. The van der Waals surface area contributed by atoms with Crippen LogP contribution < -0.4 is 10.7 Å². The van der Waals surface area contributed by atoms with E-state index in [9.17, 15) is 0 Å². The highest BCUT2D eigenvalue weighted by atomic mass is 16.3. The molecule has 0 bridgehead atoms. The molecule has 1 heterocycles. The molecule has 0 amide bonds. The smallest absolute Gasteiger partial charge is 0.0570 e. The van der Waals surface area contributed by atoms with E-state index in [0.717, 1.165) is 26.2 Å². The fourth-order valence-corrected chi connectivity index (χ4v) is 1.21. The van der Waals surface area contributed by atoms with Gasteiger partial charge >= 0.3 is 0 Å². The van der Waals surface area contributed by atoms with Gasteiger partial charge in [-0.2, -0.15) is 0 Å². The van der Waals surface area contributed by atoms with Gasteiger partial charge in [-0.1, -0.05) is 0 Å². The second-order valence-corrected chi connectivity index (χ2v) is 2.72. The van der Waals surface area contributed by atoms with Crippen molar-refractivity contribution in [1.82, 2.24) is 15.8 Å². The predicted octanol–water partition coefficient (Wildman–Crippen LogP) is -1.22. The Hall–Kier alpha value is -0.160. The molecule has 1 aliphatic heterocycles. The van der Waals surface area contributed by atoms with E-state index in [0.29, 0.717) is 6.54 Å². The van der Waals surface area contributed by atoms with E-state index in [1.165, 1.54) is 6.42 Å². The molecule has 0 atom stereocenters. The molecular weight excluding hydrogens is 142 g/mol. The van der Waals surface area contributed by atoms with Crippen LogP contribution in [0.2, 0.25) is 0 Å². The zero-order valence-electron chi connectivity index (χ0n) is 6.84. The number of aliphatic hydroxyl groups excluding tert-OH is 1. The summed E-state index contributed by atoms with van der Waals surface area (Å²) >= 11 is 0. The van der Waals surface area contributed by atoms with E-state index in [1.54, 1.807) is 0 Å². The Labute approximate surface area is 67.5 Å². The molecule has 4 nitrogen and oxygen atoms in total. The molecule has 0 radical (unpaired) electrons. The second-order valence-electron chi connectivity index (χ2n) is 2.72. The molecule has 11 heavy (non-hydrogen) atoms. The van der Waals surface area contributed by atoms with E-state index in [-0.39, 0.29) is 6.61 Å². The van der Waals surface area contributed by atoms with Crippen molar-refractivity contribution < 1.29 is 5.11 Å². The van der Waals surface area contributed by atoms with E-state index in [1.807, 2.05) is 0 Å². The minimum Gasteiger partial charge on any atom is -0.395 e. The first-order valence-corrected chi connectivity index (χ1v) is 4.23. The molecule has 4 heteroatoms. The maximum absolute atomic E-state index is 8.56. The van der Waals surface area contributed by atoms with Crippen LogP contribution in [0, 0.1) is 0 Å². The van der Waals surface area contributed by atoms with Gasteiger partial charge in [0.25, 0.3) is 0 Å². The van der Waals surface area contributed by atoms with Gasteiger partial charge in [0.2, 0.25) is 0 Å². The lowest BCUT2D eigenvalue weighted by Gasteiger charge is -2.19. The van der Waals surface area contributed by atoms with Gasteiger partial charge in [0.15, 0.2) is 0 Å². The van der Waals surface area contributed by atoms with Gasteiger partial charge in [-0.15, -0.1) is 0 Å². The van der Waals surface area contributed by atoms with E-state index in [4.69, 9.17) is 5.11 Å². The van der Waals surface area contributed by atoms with Crippen molar-refractivity contribution in [3.8, 4) is 0 Å². The molecule has 0 aliphatic carbocycles. The SMILES string of the molecule is OCCNN1CCCNCC1. The summed E-state index contributed by atoms with van der Waals surface area (Å²) in [4.78, 5) is 0. The highest BCUT2D eigenvalue weighted by Gasteiger charge is 2.05. The monoisotopic (exact) mass is 159 g/mol. The summed E-state index contributed by atoms with van der Waals surface area (Å²) in [7, 11) is 0. The Bertz CT molecular complexity index is 91.7. The summed E-state index contributed by atoms with van der Waals surface area (Å²) in [5, 5.41) is 14.0. The van der Waals surface area contributed by atoms with Crippen LogP contribution in [0.3, 0.4) is 0 Å². The minimum absolute atomic E-state index is 0.212. The highest BCUT2D eigenvalue weighted by molar-refractivity contribution is 4.61. The van der Waals surface area contributed by atoms with Crippen LogP contribution >= 0.6 is 0 Å². The summed E-state index contributed by atoms with van der Waals surface area (Å²) < 4.78 is 0. The van der Waals surface area contributed by atoms with E-state index >= 15 is 0 Å². The summed E-state index contributed by atoms with van der Waals surface area (Å²) in [6.45, 7) is 5.13. The fourth-order valence-electron chi connectivity index (χ4n) is 1.21. The van der Waals surface area contributed by atoms with Gasteiger partial charge in [-0.25, -0.2) is 5.01 Å². The second kappa shape index (κ2) is 5.49. The van der Waals surface area contributed by atoms with Gasteiger partial charge in [0.1, 0.15) is 0 Å². The van der Waals surface area contributed by atoms with Crippen molar-refractivity contribution in [2.24, 2.45) is 0 Å². The number of nitrogens with one attached hydrogen (secondary N) is 2. The Morgan fingerprint density at radius 2 is 2.27 bits per heavy atom. The first-order chi connectivity index (χ1) is 5.43. The molecule has 1 saturated heterocycles. The molecule has 0 aromatic carbocycles. The minimum atomic E-state index is 0.212. The molecular formula is C7H17N3O. The highest BCUT2D eigenvalue weighted by Crippen LogP contribution is 1.89. The molecule has 1 fully saturated rings. The van der Waals surface area contributed by atoms with Crippen molar-refractivity contribution in [2.75, 3.05) is 39.3 Å². The van der Waals surface area contributed by atoms with E-state index < -0.39 is 0 Å². The van der Waals surface area contributed by atoms with Gasteiger partial charge < -0.3 is 10.4 Å². The molecule has 0 aromatic rings. The van der Waals surface area contributed by atoms with Crippen molar-refractivity contribution >= 4 is 0 Å². The predicted molar refractivity (Wildman–Crippen MR) is 44.1 cm³/mol. The number of rotatable bonds is 3. The molecule has 3 N–H and O–H groups in total. The van der Waals surface area contributed by atoms with Crippen molar-refractivity contribution in [3.05, 3.63) is 0 Å². The molecule has 1 aliphatic rings. The first kappa shape index (κ1) is 8.93. The maximum atomic E-state index is 8.56. The maximum Gasteiger partial charge on any atom is 0.0570 e. The standard InChI is InChI=1S/C7H17N3O/c11-7-4-9-10-5-1-2-8-3-6-10/h8-9,11H,1-7H2. The quantitative estimate of drug-likeness (QED) is 0.483. The van der Waals surface area contributed by atoms with Crippen molar-refractivity contribution in [1.29, 1.82) is 0 Å². The average Bonchev–Trinajstić information content (AvgIpc) is 2.28. The first-order valence-electron chi connectivity index (χ1n) is 4.23. The lowest BCUT2D eigenvalue weighted by Crippen LogP contribution is -2.41. The normalized spacial score (nSPS) is 21.5. The van der Waals surface area contributed by atoms with Crippen LogP contribution in [-0.2, 0) is 0 Å². The third kappa shape index (κ3) is 3.67. The summed E-state index contributed by atoms with van der Waals surface area (Å²) in [5.74, 6) is 0. The van der Waals surface area contributed by atoms with Crippen LogP contribution in [0.25, 0.3) is 0 Å². The molecule has 0 aromatic heterocycles. The zero-order chi connectivity index (χ0) is 7.94. The lowest BCUT2D eigenvalue weighted by molar-refractivity contribution is 0.173. The average molecular weight is 159 g/mol. The fraction of sp³-hybridized carbons (Fsp3) is 1.00. The van der Waals surface area contributed by atoms with Crippen LogP contribution in [-0.4, -0.2) is 49.4 Å². The number of hydrogen-bond donors (Lipinski definition) is 3. The molecule has 1 rings (SSSR count). The number of hydrogen-bond acceptors (Lipinski definition) is 4. The summed E-state index contributed by atoms with van der Waals surface area (Å²) in [6.07, 6.45) is 1.18. The Kier molecular flexibility index (Phi) is 4.45. The third-order valence-electron chi connectivity index (χ3n) is 1.79. The number of hydrazine groups is 1. The van der Waals surface area contributed by atoms with Crippen LogP contribution in [0.1, 0.15) is 6.42 Å². The van der Waals surface area contributed by atoms with Gasteiger partial charge in [-0.05, 0) is 13.0 Å². The number of nitrogens with zero attached hydrogens (tertiary/aromatic N) is 1. The van der Waals surface area contributed by atoms with Gasteiger partial charge in [0.05, 0.1) is 6.61 Å². The largest absolute Gasteiger partial charge is 0.395 e. The summed E-state index contributed by atoms with van der Waals surface area (Å²) in [5.41, 5.74) is 3.15. The number of aliphatic hydroxyl groups is 1. The lowest BCUT2D eigenvalue weighted by atomic mass is 10.4. The van der Waals surface area contributed by atoms with Crippen molar-refractivity contribution in [3.63, 3.8) is 0 Å². The van der Waals surface area contributed by atoms with Gasteiger partial charge in [-0.3, -0.25) is 5.43 Å². The van der Waals surface area contributed by atoms with E-state index in [2.05, 4.69) is 15.8 Å². The van der Waals surface area contributed by atoms with Crippen molar-refractivity contribution in [2.45, 2.75) is 6.42 Å². The topological polar surface area (TPSA) is 47.5 Å². The summed E-state index contributed by atoms with van der Waals surface area (Å²) in [6, 6.07) is 0. The zero-order valence-corrected chi connectivity index (χ0v) is 6.84.